The Bertz CT molecular complexity index is 818. The number of nitrogens with zero attached hydrogens (tertiary/aromatic N) is 4. The Hall–Kier alpha value is -2.07. The first-order chi connectivity index (χ1) is 13.4. The van der Waals surface area contributed by atoms with Crippen LogP contribution in [0, 0.1) is 0 Å². The highest BCUT2D eigenvalue weighted by atomic mass is 32.2. The van der Waals surface area contributed by atoms with Crippen LogP contribution in [0.4, 0.5) is 13.2 Å². The molecule has 6 nitrogen and oxygen atoms in total. The first-order valence-electron chi connectivity index (χ1n) is 9.07. The zero-order valence-corrected chi connectivity index (χ0v) is 16.3. The van der Waals surface area contributed by atoms with Crippen LogP contribution in [0.25, 0.3) is 5.69 Å². The van der Waals surface area contributed by atoms with Gasteiger partial charge in [0, 0.05) is 7.05 Å². The molecule has 0 saturated carbocycles. The molecule has 0 atom stereocenters. The fourth-order valence-corrected chi connectivity index (χ4v) is 4.00. The Kier molecular flexibility index (Phi) is 6.61. The van der Waals surface area contributed by atoms with Crippen LogP contribution in [-0.4, -0.2) is 51.5 Å². The van der Waals surface area contributed by atoms with E-state index in [4.69, 9.17) is 0 Å². The molecule has 2 aromatic rings. The molecular formula is C18H22F3N5OS. The lowest BCUT2D eigenvalue weighted by atomic mass is 10.1. The largest absolute Gasteiger partial charge is 0.418 e. The molecule has 0 spiro atoms. The molecule has 1 aliphatic rings. The Morgan fingerprint density at radius 1 is 1.18 bits per heavy atom. The number of likely N-dealkylation sites (tertiary alicyclic amines) is 1. The Balaban J connectivity index is 2.00. The molecule has 152 valence electrons. The zero-order chi connectivity index (χ0) is 20.1. The first kappa shape index (κ1) is 20.7. The molecule has 0 aliphatic carbocycles. The average molecular weight is 413 g/mol. The number of thioether (sulfide) groups is 1. The molecule has 2 heterocycles. The number of halogens is 3. The zero-order valence-electron chi connectivity index (χ0n) is 15.5. The van der Waals surface area contributed by atoms with E-state index in [-0.39, 0.29) is 22.5 Å². The number of nitrogens with one attached hydrogen (secondary N) is 1. The first-order valence-corrected chi connectivity index (χ1v) is 10.1. The van der Waals surface area contributed by atoms with E-state index in [0.29, 0.717) is 12.4 Å². The number of para-hydroxylation sites is 1. The molecule has 1 saturated heterocycles. The van der Waals surface area contributed by atoms with Crippen molar-refractivity contribution < 1.29 is 18.0 Å². The van der Waals surface area contributed by atoms with E-state index in [0.717, 1.165) is 50.2 Å². The lowest BCUT2D eigenvalue weighted by molar-refractivity contribution is -0.137. The van der Waals surface area contributed by atoms with E-state index in [2.05, 4.69) is 20.4 Å². The van der Waals surface area contributed by atoms with Crippen LogP contribution < -0.4 is 5.32 Å². The highest BCUT2D eigenvalue weighted by Gasteiger charge is 2.35. The number of hydrogen-bond donors (Lipinski definition) is 1. The summed E-state index contributed by atoms with van der Waals surface area (Å²) in [4.78, 5) is 13.8. The number of piperidine rings is 1. The number of rotatable bonds is 6. The van der Waals surface area contributed by atoms with Crippen molar-refractivity contribution in [2.24, 2.45) is 0 Å². The second-order valence-corrected chi connectivity index (χ2v) is 7.49. The second kappa shape index (κ2) is 8.95. The van der Waals surface area contributed by atoms with Crippen molar-refractivity contribution >= 4 is 17.7 Å². The van der Waals surface area contributed by atoms with Gasteiger partial charge in [-0.05, 0) is 38.1 Å². The van der Waals surface area contributed by atoms with E-state index in [9.17, 15) is 18.0 Å². The molecule has 0 unspecified atom stereocenters. The highest BCUT2D eigenvalue weighted by molar-refractivity contribution is 7.99. The van der Waals surface area contributed by atoms with Crippen molar-refractivity contribution in [2.75, 3.05) is 25.9 Å². The molecule has 1 aliphatic heterocycles. The summed E-state index contributed by atoms with van der Waals surface area (Å²) in [7, 11) is 1.51. The van der Waals surface area contributed by atoms with E-state index < -0.39 is 11.7 Å². The molecule has 1 fully saturated rings. The SMILES string of the molecule is CNC(=O)CSc1nnc(CN2CCCCC2)n1-c1ccccc1C(F)(F)F. The van der Waals surface area contributed by atoms with Crippen LogP contribution >= 0.6 is 11.8 Å². The molecule has 10 heteroatoms. The van der Waals surface area contributed by atoms with Crippen LogP contribution in [0.3, 0.4) is 0 Å². The van der Waals surface area contributed by atoms with Gasteiger partial charge in [-0.15, -0.1) is 10.2 Å². The summed E-state index contributed by atoms with van der Waals surface area (Å²) in [5, 5.41) is 11.0. The highest BCUT2D eigenvalue weighted by Crippen LogP contribution is 2.35. The summed E-state index contributed by atoms with van der Waals surface area (Å²) in [6.07, 6.45) is -1.23. The Morgan fingerprint density at radius 3 is 2.57 bits per heavy atom. The minimum atomic E-state index is -4.51. The number of carbonyl (C=O) groups is 1. The summed E-state index contributed by atoms with van der Waals surface area (Å²) in [6.45, 7) is 2.18. The summed E-state index contributed by atoms with van der Waals surface area (Å²) in [5.74, 6) is 0.256. The van der Waals surface area contributed by atoms with Crippen LogP contribution in [0.5, 0.6) is 0 Å². The van der Waals surface area contributed by atoms with Gasteiger partial charge < -0.3 is 5.32 Å². The lowest BCUT2D eigenvalue weighted by Gasteiger charge is -2.26. The van der Waals surface area contributed by atoms with Crippen LogP contribution in [-0.2, 0) is 17.5 Å². The molecule has 0 bridgehead atoms. The molecule has 0 radical (unpaired) electrons. The summed E-state index contributed by atoms with van der Waals surface area (Å²) in [5.41, 5.74) is -0.775. The van der Waals surface area contributed by atoms with Crippen molar-refractivity contribution in [3.8, 4) is 5.69 Å². The van der Waals surface area contributed by atoms with Crippen molar-refractivity contribution in [1.82, 2.24) is 25.0 Å². The number of alkyl halides is 3. The van der Waals surface area contributed by atoms with Gasteiger partial charge in [-0.1, -0.05) is 30.3 Å². The number of carbonyl (C=O) groups excluding carboxylic acids is 1. The molecule has 1 N–H and O–H groups in total. The van der Waals surface area contributed by atoms with Crippen molar-refractivity contribution in [3.05, 3.63) is 35.7 Å². The van der Waals surface area contributed by atoms with E-state index in [1.807, 2.05) is 0 Å². The molecule has 1 aromatic carbocycles. The smallest absolute Gasteiger partial charge is 0.358 e. The van der Waals surface area contributed by atoms with Crippen LogP contribution in [0.15, 0.2) is 29.4 Å². The Labute approximate surface area is 165 Å². The fraction of sp³-hybridized carbons (Fsp3) is 0.500. The summed E-state index contributed by atoms with van der Waals surface area (Å²) in [6, 6.07) is 5.38. The van der Waals surface area contributed by atoms with E-state index >= 15 is 0 Å². The van der Waals surface area contributed by atoms with Gasteiger partial charge in [0.2, 0.25) is 5.91 Å². The number of benzene rings is 1. The standard InChI is InChI=1S/C18H22F3N5OS/c1-22-16(27)12-28-17-24-23-15(11-25-9-5-2-6-10-25)26(17)14-8-4-3-7-13(14)18(19,20)21/h3-4,7-8H,2,5-6,9-12H2,1H3,(H,22,27). The lowest BCUT2D eigenvalue weighted by Crippen LogP contribution is -2.30. The van der Waals surface area contributed by atoms with Gasteiger partial charge in [0.1, 0.15) is 0 Å². The predicted octanol–water partition coefficient (Wildman–Crippen LogP) is 3.11. The maximum absolute atomic E-state index is 13.6. The van der Waals surface area contributed by atoms with Gasteiger partial charge in [-0.25, -0.2) is 0 Å². The van der Waals surface area contributed by atoms with Crippen molar-refractivity contribution in [3.63, 3.8) is 0 Å². The second-order valence-electron chi connectivity index (χ2n) is 6.55. The van der Waals surface area contributed by atoms with Gasteiger partial charge in [0.25, 0.3) is 0 Å². The maximum atomic E-state index is 13.6. The molecule has 1 amide bonds. The number of aromatic nitrogens is 3. The van der Waals surface area contributed by atoms with Gasteiger partial charge in [0.05, 0.1) is 23.5 Å². The van der Waals surface area contributed by atoms with Gasteiger partial charge in [-0.2, -0.15) is 13.2 Å². The van der Waals surface area contributed by atoms with Gasteiger partial charge in [-0.3, -0.25) is 14.3 Å². The average Bonchev–Trinajstić information content (AvgIpc) is 3.08. The molecule has 1 aromatic heterocycles. The summed E-state index contributed by atoms with van der Waals surface area (Å²) < 4.78 is 42.2. The fourth-order valence-electron chi connectivity index (χ4n) is 3.17. The Morgan fingerprint density at radius 2 is 1.89 bits per heavy atom. The topological polar surface area (TPSA) is 63.1 Å². The number of amides is 1. The number of hydrogen-bond acceptors (Lipinski definition) is 5. The van der Waals surface area contributed by atoms with Crippen LogP contribution in [0.1, 0.15) is 30.7 Å². The minimum absolute atomic E-state index is 0.0218. The van der Waals surface area contributed by atoms with Gasteiger partial charge >= 0.3 is 6.18 Å². The predicted molar refractivity (Wildman–Crippen MR) is 100 cm³/mol. The van der Waals surface area contributed by atoms with E-state index in [1.54, 1.807) is 6.07 Å². The molecule has 3 rings (SSSR count). The van der Waals surface area contributed by atoms with Crippen molar-refractivity contribution in [1.29, 1.82) is 0 Å². The molecule has 28 heavy (non-hydrogen) atoms. The van der Waals surface area contributed by atoms with E-state index in [1.165, 1.54) is 23.7 Å². The monoisotopic (exact) mass is 413 g/mol. The van der Waals surface area contributed by atoms with Gasteiger partial charge in [0.15, 0.2) is 11.0 Å². The van der Waals surface area contributed by atoms with Crippen molar-refractivity contribution in [2.45, 2.75) is 37.1 Å². The normalized spacial score (nSPS) is 15.6. The third kappa shape index (κ3) is 4.85. The third-order valence-corrected chi connectivity index (χ3v) is 5.50. The molecular weight excluding hydrogens is 391 g/mol. The summed E-state index contributed by atoms with van der Waals surface area (Å²) >= 11 is 1.07. The minimum Gasteiger partial charge on any atom is -0.358 e. The van der Waals surface area contributed by atoms with Crippen LogP contribution in [0.2, 0.25) is 0 Å². The maximum Gasteiger partial charge on any atom is 0.418 e. The quantitative estimate of drug-likeness (QED) is 0.738. The third-order valence-electron chi connectivity index (χ3n) is 4.58.